The third-order valence-electron chi connectivity index (χ3n) is 6.33. The summed E-state index contributed by atoms with van der Waals surface area (Å²) in [5.41, 5.74) is 8.60. The molecular formula is C32H33N3O4S. The molecule has 8 heteroatoms. The number of sulfonamides is 1. The van der Waals surface area contributed by atoms with Crippen molar-refractivity contribution in [3.05, 3.63) is 124 Å². The van der Waals surface area contributed by atoms with Crippen LogP contribution in [0.25, 0.3) is 0 Å². The van der Waals surface area contributed by atoms with Gasteiger partial charge in [-0.15, -0.1) is 0 Å². The smallest absolute Gasteiger partial charge is 0.264 e. The number of nitrogens with zero attached hydrogens (tertiary/aromatic N) is 2. The van der Waals surface area contributed by atoms with Gasteiger partial charge in [-0.1, -0.05) is 65.2 Å². The Labute approximate surface area is 236 Å². The van der Waals surface area contributed by atoms with Crippen LogP contribution in [0.2, 0.25) is 0 Å². The topological polar surface area (TPSA) is 88.1 Å². The second-order valence-corrected chi connectivity index (χ2v) is 11.6. The van der Waals surface area contributed by atoms with Crippen molar-refractivity contribution in [3.63, 3.8) is 0 Å². The molecule has 40 heavy (non-hydrogen) atoms. The van der Waals surface area contributed by atoms with Gasteiger partial charge in [0.25, 0.3) is 15.9 Å². The van der Waals surface area contributed by atoms with Crippen LogP contribution < -0.4 is 14.5 Å². The molecule has 0 aliphatic heterocycles. The van der Waals surface area contributed by atoms with Crippen molar-refractivity contribution in [3.8, 4) is 5.75 Å². The number of carbonyl (C=O) groups is 1. The lowest BCUT2D eigenvalue weighted by molar-refractivity contribution is -0.119. The van der Waals surface area contributed by atoms with E-state index in [4.69, 9.17) is 4.74 Å². The molecule has 0 saturated carbocycles. The summed E-state index contributed by atoms with van der Waals surface area (Å²) in [6.45, 7) is 7.72. The minimum absolute atomic E-state index is 0.110. The van der Waals surface area contributed by atoms with Gasteiger partial charge in [-0.05, 0) is 86.8 Å². The molecule has 0 aliphatic rings. The minimum atomic E-state index is -4.00. The molecule has 4 rings (SSSR count). The first-order valence-corrected chi connectivity index (χ1v) is 14.3. The maximum atomic E-state index is 13.6. The summed E-state index contributed by atoms with van der Waals surface area (Å²) in [5, 5.41) is 4.04. The number of rotatable bonds is 10. The van der Waals surface area contributed by atoms with E-state index in [0.29, 0.717) is 18.0 Å². The van der Waals surface area contributed by atoms with E-state index in [1.807, 2.05) is 88.4 Å². The Hall–Kier alpha value is -4.43. The summed E-state index contributed by atoms with van der Waals surface area (Å²) in [4.78, 5) is 13.0. The van der Waals surface area contributed by atoms with E-state index in [9.17, 15) is 13.2 Å². The second-order valence-electron chi connectivity index (χ2n) is 9.75. The molecule has 7 nitrogen and oxygen atoms in total. The van der Waals surface area contributed by atoms with Gasteiger partial charge in [0.2, 0.25) is 0 Å². The van der Waals surface area contributed by atoms with Crippen LogP contribution in [0.1, 0.15) is 33.4 Å². The number of benzene rings is 4. The summed E-state index contributed by atoms with van der Waals surface area (Å²) in [5.74, 6) is 0.150. The maximum absolute atomic E-state index is 13.6. The number of nitrogens with one attached hydrogen (secondary N) is 1. The molecule has 0 fully saturated rings. The van der Waals surface area contributed by atoms with Crippen molar-refractivity contribution in [1.82, 2.24) is 5.43 Å². The lowest BCUT2D eigenvalue weighted by Gasteiger charge is -2.25. The fourth-order valence-electron chi connectivity index (χ4n) is 4.07. The summed E-state index contributed by atoms with van der Waals surface area (Å²) in [6.07, 6.45) is 1.50. The van der Waals surface area contributed by atoms with E-state index in [1.165, 1.54) is 11.8 Å². The number of hydrazone groups is 1. The summed E-state index contributed by atoms with van der Waals surface area (Å²) in [7, 11) is -4.00. The number of ether oxygens (including phenoxy) is 1. The lowest BCUT2D eigenvalue weighted by atomic mass is 10.1. The van der Waals surface area contributed by atoms with Gasteiger partial charge in [0.05, 0.1) is 16.8 Å². The predicted octanol–water partition coefficient (Wildman–Crippen LogP) is 5.84. The molecule has 0 heterocycles. The third kappa shape index (κ3) is 7.36. The average Bonchev–Trinajstić information content (AvgIpc) is 2.93. The Morgan fingerprint density at radius 3 is 2.05 bits per heavy atom. The number of hydrogen-bond donors (Lipinski definition) is 1. The molecule has 0 saturated heterocycles. The molecule has 0 spiro atoms. The molecule has 0 unspecified atom stereocenters. The largest absolute Gasteiger partial charge is 0.489 e. The number of anilines is 1. The van der Waals surface area contributed by atoms with Crippen LogP contribution >= 0.6 is 0 Å². The van der Waals surface area contributed by atoms with E-state index < -0.39 is 22.5 Å². The first-order chi connectivity index (χ1) is 19.1. The highest BCUT2D eigenvalue weighted by molar-refractivity contribution is 7.92. The SMILES string of the molecule is Cc1ccc(COc2ccc(/C=N\NC(=O)CN(c3ccc(C)cc3C)S(=O)(=O)c3ccc(C)cc3)cc2)cc1. The van der Waals surface area contributed by atoms with E-state index >= 15 is 0 Å². The highest BCUT2D eigenvalue weighted by Crippen LogP contribution is 2.27. The molecular weight excluding hydrogens is 522 g/mol. The molecule has 1 amide bonds. The number of carbonyl (C=O) groups excluding carboxylic acids is 1. The standard InChI is InChI=1S/C32H33N3O4S/c1-23-5-10-28(11-6-23)22-39-29-14-12-27(13-15-29)20-33-34-32(36)21-35(31-18-9-25(3)19-26(31)4)40(37,38)30-16-7-24(2)8-17-30/h5-20H,21-22H2,1-4H3,(H,34,36)/b33-20-. The van der Waals surface area contributed by atoms with Gasteiger partial charge in [0.15, 0.2) is 0 Å². The van der Waals surface area contributed by atoms with Crippen LogP contribution in [0.4, 0.5) is 5.69 Å². The monoisotopic (exact) mass is 555 g/mol. The van der Waals surface area contributed by atoms with Crippen molar-refractivity contribution >= 4 is 27.8 Å². The minimum Gasteiger partial charge on any atom is -0.489 e. The first kappa shape index (κ1) is 28.6. The van der Waals surface area contributed by atoms with E-state index in [-0.39, 0.29) is 4.90 Å². The molecule has 0 aromatic heterocycles. The van der Waals surface area contributed by atoms with Gasteiger partial charge in [-0.25, -0.2) is 13.8 Å². The molecule has 0 bridgehead atoms. The van der Waals surface area contributed by atoms with Gasteiger partial charge in [-0.3, -0.25) is 9.10 Å². The van der Waals surface area contributed by atoms with Crippen molar-refractivity contribution in [2.75, 3.05) is 10.8 Å². The highest BCUT2D eigenvalue weighted by atomic mass is 32.2. The average molecular weight is 556 g/mol. The fraction of sp³-hybridized carbons (Fsp3) is 0.188. The predicted molar refractivity (Wildman–Crippen MR) is 159 cm³/mol. The fourth-order valence-corrected chi connectivity index (χ4v) is 5.55. The Kier molecular flexibility index (Phi) is 9.01. The Morgan fingerprint density at radius 2 is 1.43 bits per heavy atom. The van der Waals surface area contributed by atoms with Crippen LogP contribution in [0.15, 0.2) is 101 Å². The number of amides is 1. The van der Waals surface area contributed by atoms with Gasteiger partial charge in [-0.2, -0.15) is 5.10 Å². The summed E-state index contributed by atoms with van der Waals surface area (Å²) >= 11 is 0. The van der Waals surface area contributed by atoms with Crippen molar-refractivity contribution in [2.45, 2.75) is 39.2 Å². The Balaban J connectivity index is 1.42. The van der Waals surface area contributed by atoms with Crippen molar-refractivity contribution in [2.24, 2.45) is 5.10 Å². The quantitative estimate of drug-likeness (QED) is 0.197. The molecule has 1 N–H and O–H groups in total. The summed E-state index contributed by atoms with van der Waals surface area (Å²) in [6, 6.07) is 27.4. The zero-order valence-corrected chi connectivity index (χ0v) is 23.9. The molecule has 206 valence electrons. The molecule has 0 atom stereocenters. The zero-order valence-electron chi connectivity index (χ0n) is 23.1. The molecule has 4 aromatic carbocycles. The van der Waals surface area contributed by atoms with Crippen LogP contribution in [-0.2, 0) is 21.4 Å². The summed E-state index contributed by atoms with van der Waals surface area (Å²) < 4.78 is 34.1. The van der Waals surface area contributed by atoms with Crippen LogP contribution in [0.3, 0.4) is 0 Å². The Bertz CT molecular complexity index is 1600. The van der Waals surface area contributed by atoms with Gasteiger partial charge >= 0.3 is 0 Å². The molecule has 0 aliphatic carbocycles. The second kappa shape index (κ2) is 12.6. The molecule has 4 aromatic rings. The van der Waals surface area contributed by atoms with Crippen LogP contribution in [0.5, 0.6) is 5.75 Å². The zero-order chi connectivity index (χ0) is 28.7. The maximum Gasteiger partial charge on any atom is 0.264 e. The normalized spacial score (nSPS) is 11.4. The van der Waals surface area contributed by atoms with E-state index in [1.54, 1.807) is 30.3 Å². The van der Waals surface area contributed by atoms with Crippen LogP contribution in [-0.4, -0.2) is 27.1 Å². The number of aryl methyl sites for hydroxylation is 4. The van der Waals surface area contributed by atoms with Crippen LogP contribution in [0, 0.1) is 27.7 Å². The van der Waals surface area contributed by atoms with E-state index in [2.05, 4.69) is 10.5 Å². The first-order valence-electron chi connectivity index (χ1n) is 12.9. The van der Waals surface area contributed by atoms with Crippen molar-refractivity contribution < 1.29 is 17.9 Å². The highest BCUT2D eigenvalue weighted by Gasteiger charge is 2.28. The van der Waals surface area contributed by atoms with Gasteiger partial charge < -0.3 is 4.74 Å². The number of hydrogen-bond acceptors (Lipinski definition) is 5. The molecule has 0 radical (unpaired) electrons. The van der Waals surface area contributed by atoms with E-state index in [0.717, 1.165) is 32.1 Å². The van der Waals surface area contributed by atoms with Gasteiger partial charge in [0.1, 0.15) is 18.9 Å². The van der Waals surface area contributed by atoms with Crippen molar-refractivity contribution in [1.29, 1.82) is 0 Å². The Morgan fingerprint density at radius 1 is 0.825 bits per heavy atom. The lowest BCUT2D eigenvalue weighted by Crippen LogP contribution is -2.40. The van der Waals surface area contributed by atoms with Gasteiger partial charge in [0, 0.05) is 0 Å². The third-order valence-corrected chi connectivity index (χ3v) is 8.10.